The molecule has 0 saturated carbocycles. The highest BCUT2D eigenvalue weighted by Gasteiger charge is 2.29. The van der Waals surface area contributed by atoms with Crippen LogP contribution in [0.5, 0.6) is 11.5 Å². The minimum atomic E-state index is -0.593. The normalized spacial score (nSPS) is 11.8. The summed E-state index contributed by atoms with van der Waals surface area (Å²) in [6.07, 6.45) is 0.500. The molecule has 3 aromatic rings. The van der Waals surface area contributed by atoms with Crippen LogP contribution in [0.3, 0.4) is 0 Å². The molecular formula is C28H34N2O4. The van der Waals surface area contributed by atoms with E-state index in [9.17, 15) is 9.59 Å². The van der Waals surface area contributed by atoms with Crippen molar-refractivity contribution in [3.63, 3.8) is 0 Å². The van der Waals surface area contributed by atoms with Crippen LogP contribution in [0.2, 0.25) is 0 Å². The number of hydrogen-bond donors (Lipinski definition) is 1. The smallest absolute Gasteiger partial charge is 0.261 e. The van der Waals surface area contributed by atoms with E-state index in [2.05, 4.69) is 5.32 Å². The first-order chi connectivity index (χ1) is 16.4. The van der Waals surface area contributed by atoms with Gasteiger partial charge in [-0.15, -0.1) is 0 Å². The molecule has 34 heavy (non-hydrogen) atoms. The Morgan fingerprint density at radius 3 is 2.35 bits per heavy atom. The Kier molecular flexibility index (Phi) is 8.91. The number of nitrogens with one attached hydrogen (secondary N) is 1. The number of nitrogens with zero attached hydrogens (tertiary/aromatic N) is 1. The molecule has 0 fully saturated rings. The van der Waals surface area contributed by atoms with E-state index in [0.29, 0.717) is 31.2 Å². The molecule has 0 saturated heterocycles. The molecule has 1 atom stereocenters. The zero-order chi connectivity index (χ0) is 24.5. The molecule has 0 aromatic heterocycles. The number of rotatable bonds is 11. The predicted molar refractivity (Wildman–Crippen MR) is 135 cm³/mol. The number of methoxy groups -OCH3 is 1. The van der Waals surface area contributed by atoms with Gasteiger partial charge in [0.05, 0.1) is 7.11 Å². The number of hydrogen-bond acceptors (Lipinski definition) is 4. The molecule has 0 radical (unpaired) electrons. The fourth-order valence-corrected chi connectivity index (χ4v) is 3.81. The molecule has 0 unspecified atom stereocenters. The van der Waals surface area contributed by atoms with Crippen LogP contribution in [0.15, 0.2) is 66.7 Å². The Morgan fingerprint density at radius 2 is 1.68 bits per heavy atom. The van der Waals surface area contributed by atoms with Gasteiger partial charge in [0.2, 0.25) is 5.91 Å². The van der Waals surface area contributed by atoms with E-state index < -0.39 is 6.04 Å². The fraction of sp³-hybridized carbons (Fsp3) is 0.357. The van der Waals surface area contributed by atoms with Gasteiger partial charge in [-0.3, -0.25) is 9.59 Å². The van der Waals surface area contributed by atoms with Crippen LogP contribution in [-0.2, 0) is 16.1 Å². The van der Waals surface area contributed by atoms with E-state index >= 15 is 0 Å². The van der Waals surface area contributed by atoms with E-state index in [1.165, 1.54) is 0 Å². The maximum atomic E-state index is 13.4. The number of carbonyl (C=O) groups excluding carboxylic acids is 2. The highest BCUT2D eigenvalue weighted by Crippen LogP contribution is 2.25. The van der Waals surface area contributed by atoms with Gasteiger partial charge in [-0.05, 0) is 41.5 Å². The van der Waals surface area contributed by atoms with Crippen molar-refractivity contribution >= 4 is 22.6 Å². The summed E-state index contributed by atoms with van der Waals surface area (Å²) in [5.74, 6) is 1.32. The number of benzene rings is 3. The van der Waals surface area contributed by atoms with Crippen LogP contribution >= 0.6 is 0 Å². The summed E-state index contributed by atoms with van der Waals surface area (Å²) >= 11 is 0. The van der Waals surface area contributed by atoms with Gasteiger partial charge in [0.15, 0.2) is 6.61 Å². The second kappa shape index (κ2) is 12.1. The molecule has 0 heterocycles. The zero-order valence-corrected chi connectivity index (χ0v) is 20.4. The van der Waals surface area contributed by atoms with Crippen molar-refractivity contribution in [3.05, 3.63) is 72.3 Å². The number of ether oxygens (including phenoxy) is 2. The Morgan fingerprint density at radius 1 is 0.971 bits per heavy atom. The predicted octanol–water partition coefficient (Wildman–Crippen LogP) is 4.81. The average Bonchev–Trinajstić information content (AvgIpc) is 2.86. The summed E-state index contributed by atoms with van der Waals surface area (Å²) in [7, 11) is 1.61. The topological polar surface area (TPSA) is 67.9 Å². The Labute approximate surface area is 201 Å². The van der Waals surface area contributed by atoms with Gasteiger partial charge in [0.1, 0.15) is 17.5 Å². The van der Waals surface area contributed by atoms with E-state index in [1.807, 2.05) is 87.5 Å². The monoisotopic (exact) mass is 462 g/mol. The minimum absolute atomic E-state index is 0.150. The molecular weight excluding hydrogens is 428 g/mol. The summed E-state index contributed by atoms with van der Waals surface area (Å²) in [5, 5.41) is 4.97. The molecule has 0 aliphatic carbocycles. The summed E-state index contributed by atoms with van der Waals surface area (Å²) in [4.78, 5) is 28.0. The lowest BCUT2D eigenvalue weighted by atomic mass is 10.1. The van der Waals surface area contributed by atoms with Gasteiger partial charge in [-0.1, -0.05) is 69.3 Å². The van der Waals surface area contributed by atoms with Gasteiger partial charge in [0, 0.05) is 18.5 Å². The molecule has 3 rings (SSSR count). The highest BCUT2D eigenvalue weighted by atomic mass is 16.5. The third kappa shape index (κ3) is 6.50. The summed E-state index contributed by atoms with van der Waals surface area (Å²) in [5.41, 5.74) is 0.912. The third-order valence-electron chi connectivity index (χ3n) is 5.68. The largest absolute Gasteiger partial charge is 0.497 e. The number of fused-ring (bicyclic) bond motifs is 1. The molecule has 6 nitrogen and oxygen atoms in total. The minimum Gasteiger partial charge on any atom is -0.497 e. The SMILES string of the molecule is CC[C@@H](C(=O)NCC(C)C)N(Cc1ccc(OC)cc1)C(=O)COc1cccc2ccccc12. The van der Waals surface area contributed by atoms with Gasteiger partial charge >= 0.3 is 0 Å². The Balaban J connectivity index is 1.81. The molecule has 1 N–H and O–H groups in total. The lowest BCUT2D eigenvalue weighted by molar-refractivity contribution is -0.143. The molecule has 3 aromatic carbocycles. The molecule has 0 aliphatic heterocycles. The quantitative estimate of drug-likeness (QED) is 0.444. The third-order valence-corrected chi connectivity index (χ3v) is 5.68. The van der Waals surface area contributed by atoms with Crippen molar-refractivity contribution in [2.24, 2.45) is 5.92 Å². The van der Waals surface area contributed by atoms with Crippen molar-refractivity contribution in [1.29, 1.82) is 0 Å². The Hall–Kier alpha value is -3.54. The van der Waals surface area contributed by atoms with Crippen molar-refractivity contribution in [2.75, 3.05) is 20.3 Å². The molecule has 0 bridgehead atoms. The first kappa shape index (κ1) is 25.1. The maximum absolute atomic E-state index is 13.4. The molecule has 0 spiro atoms. The summed E-state index contributed by atoms with van der Waals surface area (Å²) < 4.78 is 11.2. The van der Waals surface area contributed by atoms with Crippen LogP contribution < -0.4 is 14.8 Å². The molecule has 2 amide bonds. The van der Waals surface area contributed by atoms with Gasteiger partial charge < -0.3 is 19.7 Å². The second-order valence-corrected chi connectivity index (χ2v) is 8.70. The van der Waals surface area contributed by atoms with E-state index in [-0.39, 0.29) is 18.4 Å². The molecule has 6 heteroatoms. The van der Waals surface area contributed by atoms with E-state index in [1.54, 1.807) is 12.0 Å². The standard InChI is InChI=1S/C28H34N2O4/c1-5-25(28(32)29-17-20(2)3)30(18-21-13-15-23(33-4)16-14-21)27(31)19-34-26-12-8-10-22-9-6-7-11-24(22)26/h6-16,20,25H,5,17-19H2,1-4H3,(H,29,32)/t25-/m0/s1. The summed E-state index contributed by atoms with van der Waals surface area (Å²) in [6, 6.07) is 20.6. The second-order valence-electron chi connectivity index (χ2n) is 8.70. The Bertz CT molecular complexity index is 1090. The van der Waals surface area contributed by atoms with Crippen molar-refractivity contribution < 1.29 is 19.1 Å². The molecule has 180 valence electrons. The van der Waals surface area contributed by atoms with Crippen LogP contribution in [0.1, 0.15) is 32.8 Å². The van der Waals surface area contributed by atoms with Crippen molar-refractivity contribution in [2.45, 2.75) is 39.8 Å². The van der Waals surface area contributed by atoms with Crippen LogP contribution in [0.25, 0.3) is 10.8 Å². The first-order valence-electron chi connectivity index (χ1n) is 11.7. The van der Waals surface area contributed by atoms with E-state index in [0.717, 1.165) is 22.1 Å². The van der Waals surface area contributed by atoms with Crippen LogP contribution in [0.4, 0.5) is 0 Å². The van der Waals surface area contributed by atoms with Gasteiger partial charge in [-0.2, -0.15) is 0 Å². The highest BCUT2D eigenvalue weighted by molar-refractivity contribution is 5.90. The van der Waals surface area contributed by atoms with Gasteiger partial charge in [-0.25, -0.2) is 0 Å². The van der Waals surface area contributed by atoms with E-state index in [4.69, 9.17) is 9.47 Å². The van der Waals surface area contributed by atoms with Crippen LogP contribution in [0, 0.1) is 5.92 Å². The summed E-state index contributed by atoms with van der Waals surface area (Å²) in [6.45, 7) is 6.71. The number of amides is 2. The fourth-order valence-electron chi connectivity index (χ4n) is 3.81. The van der Waals surface area contributed by atoms with Crippen molar-refractivity contribution in [1.82, 2.24) is 10.2 Å². The lowest BCUT2D eigenvalue weighted by Crippen LogP contribution is -2.50. The lowest BCUT2D eigenvalue weighted by Gasteiger charge is -2.31. The number of carbonyl (C=O) groups is 2. The molecule has 0 aliphatic rings. The maximum Gasteiger partial charge on any atom is 0.261 e. The van der Waals surface area contributed by atoms with Crippen LogP contribution in [-0.4, -0.2) is 43.0 Å². The average molecular weight is 463 g/mol. The van der Waals surface area contributed by atoms with Gasteiger partial charge in [0.25, 0.3) is 5.91 Å². The first-order valence-corrected chi connectivity index (χ1v) is 11.7. The van der Waals surface area contributed by atoms with Crippen molar-refractivity contribution in [3.8, 4) is 11.5 Å². The zero-order valence-electron chi connectivity index (χ0n) is 20.4.